The average Bonchev–Trinajstić information content (AvgIpc) is 2.53. The Hall–Kier alpha value is -2.44. The lowest BCUT2D eigenvalue weighted by molar-refractivity contribution is 0.0991. The minimum absolute atomic E-state index is 0.456. The van der Waals surface area contributed by atoms with Crippen LogP contribution in [0.4, 0.5) is 0 Å². The standard InChI is InChI=1S/C19H24N2O3Si/c1-25(2,3)24-11-10-15-12-16(19(21)23)8-9-17(15)13-4-6-14(7-5-13)18(20)22/h4-9,12H,10-11H2,1-3H3,(H2,20,22)(H2,21,23). The van der Waals surface area contributed by atoms with Crippen LogP contribution in [-0.2, 0) is 10.8 Å². The highest BCUT2D eigenvalue weighted by Gasteiger charge is 2.15. The van der Waals surface area contributed by atoms with Crippen molar-refractivity contribution in [2.24, 2.45) is 11.5 Å². The summed E-state index contributed by atoms with van der Waals surface area (Å²) >= 11 is 0. The number of benzene rings is 2. The zero-order valence-electron chi connectivity index (χ0n) is 14.8. The molecular formula is C19H24N2O3Si. The number of carbonyl (C=O) groups excluding carboxylic acids is 2. The Bertz CT molecular complexity index is 780. The van der Waals surface area contributed by atoms with E-state index < -0.39 is 20.1 Å². The Morgan fingerprint density at radius 3 is 2.00 bits per heavy atom. The van der Waals surface area contributed by atoms with E-state index in [1.165, 1.54) is 0 Å². The van der Waals surface area contributed by atoms with E-state index in [4.69, 9.17) is 15.9 Å². The number of primary amides is 2. The third kappa shape index (κ3) is 5.27. The van der Waals surface area contributed by atoms with Gasteiger partial charge in [-0.2, -0.15) is 0 Å². The van der Waals surface area contributed by atoms with Crippen molar-refractivity contribution >= 4 is 20.1 Å². The average molecular weight is 356 g/mol. The van der Waals surface area contributed by atoms with Gasteiger partial charge < -0.3 is 15.9 Å². The van der Waals surface area contributed by atoms with Gasteiger partial charge in [-0.3, -0.25) is 9.59 Å². The van der Waals surface area contributed by atoms with Crippen LogP contribution in [-0.4, -0.2) is 26.7 Å². The van der Waals surface area contributed by atoms with Gasteiger partial charge in [-0.05, 0) is 67.0 Å². The molecule has 0 bridgehead atoms. The zero-order chi connectivity index (χ0) is 18.6. The molecule has 0 saturated heterocycles. The summed E-state index contributed by atoms with van der Waals surface area (Å²) in [5, 5.41) is 0. The van der Waals surface area contributed by atoms with E-state index in [0.717, 1.165) is 16.7 Å². The molecule has 2 aromatic rings. The molecule has 4 N–H and O–H groups in total. The molecule has 0 saturated carbocycles. The molecule has 132 valence electrons. The number of nitrogens with two attached hydrogens (primary N) is 2. The second kappa shape index (κ2) is 7.63. The summed E-state index contributed by atoms with van der Waals surface area (Å²) in [5.41, 5.74) is 14.6. The Balaban J connectivity index is 2.35. The number of hydrogen-bond donors (Lipinski definition) is 2. The fourth-order valence-corrected chi connectivity index (χ4v) is 3.23. The van der Waals surface area contributed by atoms with Gasteiger partial charge in [0, 0.05) is 17.7 Å². The fraction of sp³-hybridized carbons (Fsp3) is 0.263. The van der Waals surface area contributed by atoms with Crippen LogP contribution in [0.1, 0.15) is 26.3 Å². The first-order chi connectivity index (χ1) is 11.7. The molecule has 0 atom stereocenters. The molecule has 0 fully saturated rings. The maximum atomic E-state index is 11.5. The highest BCUT2D eigenvalue weighted by Crippen LogP contribution is 2.26. The Labute approximate surface area is 149 Å². The van der Waals surface area contributed by atoms with Gasteiger partial charge in [0.1, 0.15) is 0 Å². The quantitative estimate of drug-likeness (QED) is 0.747. The molecule has 0 aliphatic heterocycles. The summed E-state index contributed by atoms with van der Waals surface area (Å²) in [7, 11) is -1.61. The summed E-state index contributed by atoms with van der Waals surface area (Å²) in [6.07, 6.45) is 0.679. The lowest BCUT2D eigenvalue weighted by Gasteiger charge is -2.18. The Morgan fingerprint density at radius 2 is 1.48 bits per heavy atom. The number of rotatable bonds is 7. The van der Waals surface area contributed by atoms with Crippen molar-refractivity contribution in [2.75, 3.05) is 6.61 Å². The SMILES string of the molecule is C[Si](C)(C)OCCc1cc(C(N)=O)ccc1-c1ccc(C(N)=O)cc1. The van der Waals surface area contributed by atoms with Crippen molar-refractivity contribution in [3.05, 3.63) is 59.2 Å². The van der Waals surface area contributed by atoms with Gasteiger partial charge in [0.25, 0.3) is 0 Å². The lowest BCUT2D eigenvalue weighted by Crippen LogP contribution is -2.26. The Morgan fingerprint density at radius 1 is 0.920 bits per heavy atom. The van der Waals surface area contributed by atoms with E-state index >= 15 is 0 Å². The van der Waals surface area contributed by atoms with Crippen LogP contribution in [0.25, 0.3) is 11.1 Å². The number of amides is 2. The van der Waals surface area contributed by atoms with Gasteiger partial charge in [0.05, 0.1) is 0 Å². The normalized spacial score (nSPS) is 11.3. The van der Waals surface area contributed by atoms with Gasteiger partial charge in [-0.1, -0.05) is 18.2 Å². The molecule has 0 spiro atoms. The van der Waals surface area contributed by atoms with Gasteiger partial charge >= 0.3 is 0 Å². The van der Waals surface area contributed by atoms with Gasteiger partial charge in [0.15, 0.2) is 8.32 Å². The van der Waals surface area contributed by atoms with E-state index in [0.29, 0.717) is 24.2 Å². The molecule has 6 heteroatoms. The molecule has 0 aromatic heterocycles. The van der Waals surface area contributed by atoms with Crippen LogP contribution in [0.3, 0.4) is 0 Å². The monoisotopic (exact) mass is 356 g/mol. The van der Waals surface area contributed by atoms with Crippen LogP contribution in [0.5, 0.6) is 0 Å². The van der Waals surface area contributed by atoms with Crippen molar-refractivity contribution in [2.45, 2.75) is 26.1 Å². The van der Waals surface area contributed by atoms with Crippen LogP contribution in [0.2, 0.25) is 19.6 Å². The van der Waals surface area contributed by atoms with E-state index in [2.05, 4.69) is 19.6 Å². The third-order valence-corrected chi connectivity index (χ3v) is 4.85. The summed E-state index contributed by atoms with van der Waals surface area (Å²) < 4.78 is 5.94. The topological polar surface area (TPSA) is 95.4 Å². The maximum absolute atomic E-state index is 11.5. The molecule has 0 aliphatic carbocycles. The predicted molar refractivity (Wildman–Crippen MR) is 102 cm³/mol. The molecule has 2 rings (SSSR count). The minimum atomic E-state index is -1.61. The molecule has 0 unspecified atom stereocenters. The van der Waals surface area contributed by atoms with Gasteiger partial charge in [0.2, 0.25) is 11.8 Å². The van der Waals surface area contributed by atoms with Crippen molar-refractivity contribution in [3.8, 4) is 11.1 Å². The fourth-order valence-electron chi connectivity index (χ4n) is 2.52. The van der Waals surface area contributed by atoms with Crippen LogP contribution in [0, 0.1) is 0 Å². The maximum Gasteiger partial charge on any atom is 0.248 e. The highest BCUT2D eigenvalue weighted by atomic mass is 28.4. The first kappa shape index (κ1) is 18.9. The summed E-state index contributed by atoms with van der Waals surface area (Å²) in [4.78, 5) is 22.7. The highest BCUT2D eigenvalue weighted by molar-refractivity contribution is 6.69. The van der Waals surface area contributed by atoms with E-state index in [1.54, 1.807) is 18.2 Å². The minimum Gasteiger partial charge on any atom is -0.417 e. The van der Waals surface area contributed by atoms with Crippen LogP contribution >= 0.6 is 0 Å². The molecule has 0 aliphatic rings. The smallest absolute Gasteiger partial charge is 0.248 e. The molecule has 2 amide bonds. The van der Waals surface area contributed by atoms with Crippen molar-refractivity contribution in [1.29, 1.82) is 0 Å². The van der Waals surface area contributed by atoms with Crippen LogP contribution < -0.4 is 11.5 Å². The van der Waals surface area contributed by atoms with Crippen molar-refractivity contribution in [3.63, 3.8) is 0 Å². The largest absolute Gasteiger partial charge is 0.417 e. The molecule has 0 heterocycles. The molecule has 5 nitrogen and oxygen atoms in total. The zero-order valence-corrected chi connectivity index (χ0v) is 15.8. The van der Waals surface area contributed by atoms with Gasteiger partial charge in [-0.25, -0.2) is 0 Å². The second-order valence-corrected chi connectivity index (χ2v) is 11.4. The first-order valence-electron chi connectivity index (χ1n) is 8.14. The van der Waals surface area contributed by atoms with Crippen LogP contribution in [0.15, 0.2) is 42.5 Å². The molecule has 2 aromatic carbocycles. The number of hydrogen-bond acceptors (Lipinski definition) is 3. The van der Waals surface area contributed by atoms with Crippen molar-refractivity contribution in [1.82, 2.24) is 0 Å². The van der Waals surface area contributed by atoms with E-state index in [9.17, 15) is 9.59 Å². The lowest BCUT2D eigenvalue weighted by atomic mass is 9.95. The van der Waals surface area contributed by atoms with E-state index in [1.807, 2.05) is 24.3 Å². The Kier molecular flexibility index (Phi) is 5.76. The van der Waals surface area contributed by atoms with E-state index in [-0.39, 0.29) is 0 Å². The molecule has 0 radical (unpaired) electrons. The molecule has 25 heavy (non-hydrogen) atoms. The van der Waals surface area contributed by atoms with Crippen molar-refractivity contribution < 1.29 is 14.0 Å². The predicted octanol–water partition coefficient (Wildman–Crippen LogP) is 2.95. The van der Waals surface area contributed by atoms with Gasteiger partial charge in [-0.15, -0.1) is 0 Å². The summed E-state index contributed by atoms with van der Waals surface area (Å²) in [6.45, 7) is 6.99. The number of carbonyl (C=O) groups is 2. The second-order valence-electron chi connectivity index (χ2n) is 6.89. The first-order valence-corrected chi connectivity index (χ1v) is 11.5. The summed E-state index contributed by atoms with van der Waals surface area (Å²) in [6, 6.07) is 12.5. The third-order valence-electron chi connectivity index (χ3n) is 3.78. The summed E-state index contributed by atoms with van der Waals surface area (Å²) in [5.74, 6) is -0.914. The molecular weight excluding hydrogens is 332 g/mol.